The van der Waals surface area contributed by atoms with Crippen LogP contribution in [0.1, 0.15) is 27.3 Å². The van der Waals surface area contributed by atoms with Crippen LogP contribution in [-0.4, -0.2) is 51.8 Å². The molecule has 1 saturated heterocycles. The highest BCUT2D eigenvalue weighted by Crippen LogP contribution is 2.24. The fourth-order valence-corrected chi connectivity index (χ4v) is 4.82. The van der Waals surface area contributed by atoms with Crippen molar-refractivity contribution in [1.82, 2.24) is 19.6 Å². The van der Waals surface area contributed by atoms with Crippen molar-refractivity contribution in [3.05, 3.63) is 77.1 Å². The SMILES string of the molecule is Cc1cc(C)n2nc(SCc3ccccc3C(=O)Nc3ccc(N4CCOCC4)cc3)nc2n1. The highest BCUT2D eigenvalue weighted by molar-refractivity contribution is 7.98. The molecule has 8 nitrogen and oxygen atoms in total. The quantitative estimate of drug-likeness (QED) is 0.421. The molecule has 0 unspecified atom stereocenters. The molecule has 0 saturated carbocycles. The maximum absolute atomic E-state index is 13.1. The summed E-state index contributed by atoms with van der Waals surface area (Å²) in [5.74, 6) is 1.03. The Bertz CT molecular complexity index is 1310. The van der Waals surface area contributed by atoms with Crippen molar-refractivity contribution in [3.8, 4) is 0 Å². The number of aromatic nitrogens is 4. The molecule has 2 aromatic carbocycles. The Morgan fingerprint density at radius 3 is 2.62 bits per heavy atom. The minimum absolute atomic E-state index is 0.133. The first-order valence-electron chi connectivity index (χ1n) is 11.2. The number of benzene rings is 2. The highest BCUT2D eigenvalue weighted by Gasteiger charge is 2.15. The molecule has 0 spiro atoms. The number of fused-ring (bicyclic) bond motifs is 1. The predicted octanol–water partition coefficient (Wildman–Crippen LogP) is 4.12. The zero-order chi connectivity index (χ0) is 23.5. The van der Waals surface area contributed by atoms with Crippen molar-refractivity contribution in [3.63, 3.8) is 0 Å². The first kappa shape index (κ1) is 22.4. The Labute approximate surface area is 202 Å². The van der Waals surface area contributed by atoms with Gasteiger partial charge in [0.25, 0.3) is 11.7 Å². The van der Waals surface area contributed by atoms with Gasteiger partial charge in [-0.1, -0.05) is 30.0 Å². The number of ether oxygens (including phenoxy) is 1. The second-order valence-electron chi connectivity index (χ2n) is 8.19. The summed E-state index contributed by atoms with van der Waals surface area (Å²) in [6, 6.07) is 17.6. The van der Waals surface area contributed by atoms with Gasteiger partial charge in [-0.05, 0) is 55.8 Å². The highest BCUT2D eigenvalue weighted by atomic mass is 32.2. The number of nitrogens with one attached hydrogen (secondary N) is 1. The Balaban J connectivity index is 1.27. The zero-order valence-electron chi connectivity index (χ0n) is 19.2. The van der Waals surface area contributed by atoms with Crippen molar-refractivity contribution < 1.29 is 9.53 Å². The third-order valence-corrected chi connectivity index (χ3v) is 6.61. The molecule has 0 bridgehead atoms. The first-order valence-corrected chi connectivity index (χ1v) is 12.2. The van der Waals surface area contributed by atoms with Crippen LogP contribution in [0.4, 0.5) is 11.4 Å². The number of thioether (sulfide) groups is 1. The summed E-state index contributed by atoms with van der Waals surface area (Å²) in [6.07, 6.45) is 0. The lowest BCUT2D eigenvalue weighted by Gasteiger charge is -2.28. The molecule has 5 rings (SSSR count). The molecule has 174 valence electrons. The number of hydrogen-bond acceptors (Lipinski definition) is 7. The molecule has 9 heteroatoms. The van der Waals surface area contributed by atoms with Gasteiger partial charge >= 0.3 is 0 Å². The lowest BCUT2D eigenvalue weighted by Crippen LogP contribution is -2.36. The molecule has 1 fully saturated rings. The van der Waals surface area contributed by atoms with Crippen LogP contribution in [0.3, 0.4) is 0 Å². The zero-order valence-corrected chi connectivity index (χ0v) is 20.0. The third kappa shape index (κ3) is 4.90. The van der Waals surface area contributed by atoms with Crippen molar-refractivity contribution in [1.29, 1.82) is 0 Å². The van der Waals surface area contributed by atoms with Crippen molar-refractivity contribution >= 4 is 34.8 Å². The van der Waals surface area contributed by atoms with Gasteiger partial charge in [-0.15, -0.1) is 5.10 Å². The van der Waals surface area contributed by atoms with E-state index < -0.39 is 0 Å². The summed E-state index contributed by atoms with van der Waals surface area (Å²) >= 11 is 1.49. The molecule has 1 aliphatic rings. The second kappa shape index (κ2) is 9.82. The Morgan fingerprint density at radius 2 is 1.82 bits per heavy atom. The Hall–Kier alpha value is -3.43. The Kier molecular flexibility index (Phi) is 6.46. The van der Waals surface area contributed by atoms with E-state index in [1.165, 1.54) is 11.8 Å². The van der Waals surface area contributed by atoms with Gasteiger partial charge in [-0.3, -0.25) is 4.79 Å². The van der Waals surface area contributed by atoms with Crippen molar-refractivity contribution in [2.24, 2.45) is 0 Å². The van der Waals surface area contributed by atoms with Crippen LogP contribution in [0.2, 0.25) is 0 Å². The molecule has 1 aliphatic heterocycles. The van der Waals surface area contributed by atoms with E-state index in [4.69, 9.17) is 4.74 Å². The molecule has 0 radical (unpaired) electrons. The van der Waals surface area contributed by atoms with Crippen molar-refractivity contribution in [2.45, 2.75) is 24.8 Å². The van der Waals surface area contributed by atoms with Crippen molar-refractivity contribution in [2.75, 3.05) is 36.5 Å². The van der Waals surface area contributed by atoms with E-state index >= 15 is 0 Å². The van der Waals surface area contributed by atoms with E-state index in [1.54, 1.807) is 4.52 Å². The average molecular weight is 475 g/mol. The molecule has 34 heavy (non-hydrogen) atoms. The number of amides is 1. The number of rotatable bonds is 6. The van der Waals surface area contributed by atoms with Crippen LogP contribution in [0.5, 0.6) is 0 Å². The van der Waals surface area contributed by atoms with Gasteiger partial charge in [0.1, 0.15) is 0 Å². The van der Waals surface area contributed by atoms with Gasteiger partial charge in [0, 0.05) is 47.2 Å². The molecule has 1 amide bonds. The molecular weight excluding hydrogens is 448 g/mol. The van der Waals surface area contributed by atoms with Gasteiger partial charge in [0.15, 0.2) is 0 Å². The summed E-state index contributed by atoms with van der Waals surface area (Å²) in [4.78, 5) is 24.3. The molecule has 3 heterocycles. The fraction of sp³-hybridized carbons (Fsp3) is 0.280. The molecule has 1 N–H and O–H groups in total. The molecule has 2 aromatic heterocycles. The standard InChI is InChI=1S/C25H26N6O2S/c1-17-15-18(2)31-24(26-17)28-25(29-31)34-16-19-5-3-4-6-22(19)23(32)27-20-7-9-21(10-8-20)30-11-13-33-14-12-30/h3-10,15H,11-14,16H2,1-2H3,(H,27,32). The minimum Gasteiger partial charge on any atom is -0.378 e. The van der Waals surface area contributed by atoms with Gasteiger partial charge in [-0.25, -0.2) is 9.50 Å². The minimum atomic E-state index is -0.133. The predicted molar refractivity (Wildman–Crippen MR) is 134 cm³/mol. The molecule has 4 aromatic rings. The van der Waals surface area contributed by atoms with Gasteiger partial charge in [-0.2, -0.15) is 4.98 Å². The van der Waals surface area contributed by atoms with Crippen LogP contribution in [0, 0.1) is 13.8 Å². The average Bonchev–Trinajstić information content (AvgIpc) is 3.27. The van der Waals surface area contributed by atoms with Gasteiger partial charge < -0.3 is 15.0 Å². The molecule has 0 aliphatic carbocycles. The number of aryl methyl sites for hydroxylation is 2. The molecular formula is C25H26N6O2S. The van der Waals surface area contributed by atoms with E-state index in [0.29, 0.717) is 22.3 Å². The smallest absolute Gasteiger partial charge is 0.255 e. The number of anilines is 2. The van der Waals surface area contributed by atoms with Crippen LogP contribution in [0.15, 0.2) is 59.8 Å². The Morgan fingerprint density at radius 1 is 1.06 bits per heavy atom. The van der Waals surface area contributed by atoms with E-state index in [0.717, 1.165) is 54.6 Å². The maximum atomic E-state index is 13.1. The van der Waals surface area contributed by atoms with E-state index in [2.05, 4.69) is 25.3 Å². The lowest BCUT2D eigenvalue weighted by molar-refractivity contribution is 0.102. The summed E-state index contributed by atoms with van der Waals surface area (Å²) in [5, 5.41) is 8.21. The number of nitrogens with zero attached hydrogens (tertiary/aromatic N) is 5. The van der Waals surface area contributed by atoms with Crippen LogP contribution in [-0.2, 0) is 10.5 Å². The largest absolute Gasteiger partial charge is 0.378 e. The van der Waals surface area contributed by atoms with E-state index in [-0.39, 0.29) is 5.91 Å². The lowest BCUT2D eigenvalue weighted by atomic mass is 10.1. The summed E-state index contributed by atoms with van der Waals surface area (Å²) < 4.78 is 7.16. The topological polar surface area (TPSA) is 84.7 Å². The summed E-state index contributed by atoms with van der Waals surface area (Å²) in [6.45, 7) is 7.18. The summed E-state index contributed by atoms with van der Waals surface area (Å²) in [7, 11) is 0. The fourth-order valence-electron chi connectivity index (χ4n) is 3.99. The second-order valence-corrected chi connectivity index (χ2v) is 9.13. The van der Waals surface area contributed by atoms with Crippen LogP contribution >= 0.6 is 11.8 Å². The first-order chi connectivity index (χ1) is 16.6. The normalized spacial score (nSPS) is 13.9. The number of carbonyl (C=O) groups is 1. The van der Waals surface area contributed by atoms with E-state index in [1.807, 2.05) is 68.4 Å². The van der Waals surface area contributed by atoms with E-state index in [9.17, 15) is 4.79 Å². The van der Waals surface area contributed by atoms with Crippen LogP contribution < -0.4 is 10.2 Å². The van der Waals surface area contributed by atoms with Gasteiger partial charge in [0.05, 0.1) is 13.2 Å². The third-order valence-electron chi connectivity index (χ3n) is 5.72. The molecule has 0 atom stereocenters. The monoisotopic (exact) mass is 474 g/mol. The number of hydrogen-bond donors (Lipinski definition) is 1. The van der Waals surface area contributed by atoms with Crippen LogP contribution in [0.25, 0.3) is 5.78 Å². The number of carbonyl (C=O) groups excluding carboxylic acids is 1. The van der Waals surface area contributed by atoms with Gasteiger partial charge in [0.2, 0.25) is 5.16 Å². The number of morpholine rings is 1. The summed E-state index contributed by atoms with van der Waals surface area (Å²) in [5.41, 5.74) is 5.37. The maximum Gasteiger partial charge on any atom is 0.255 e.